The number of carbonyl (C=O) groups is 1. The molecule has 2 heterocycles. The Hall–Kier alpha value is -1.40. The summed E-state index contributed by atoms with van der Waals surface area (Å²) < 4.78 is 5.13. The fraction of sp³-hybridized carbons (Fsp3) is 0.714. The van der Waals surface area contributed by atoms with Crippen LogP contribution >= 0.6 is 0 Å². The van der Waals surface area contributed by atoms with Gasteiger partial charge in [-0.15, -0.1) is 0 Å². The molecule has 112 valence electrons. The summed E-state index contributed by atoms with van der Waals surface area (Å²) in [6.45, 7) is 8.24. The molecule has 2 N–H and O–H groups in total. The number of rotatable bonds is 4. The van der Waals surface area contributed by atoms with E-state index in [-0.39, 0.29) is 17.9 Å². The van der Waals surface area contributed by atoms with E-state index in [0.29, 0.717) is 18.3 Å². The second-order valence-corrected chi connectivity index (χ2v) is 6.45. The molecule has 1 aliphatic rings. The van der Waals surface area contributed by atoms with Crippen LogP contribution in [0.3, 0.4) is 0 Å². The summed E-state index contributed by atoms with van der Waals surface area (Å²) in [7, 11) is 0. The molecule has 1 amide bonds. The van der Waals surface area contributed by atoms with Gasteiger partial charge in [-0.3, -0.25) is 15.0 Å². The van der Waals surface area contributed by atoms with Crippen molar-refractivity contribution in [1.82, 2.24) is 10.1 Å². The number of amides is 1. The second kappa shape index (κ2) is 5.93. The molecular weight excluding hydrogens is 258 g/mol. The molecule has 1 atom stereocenters. The van der Waals surface area contributed by atoms with E-state index in [0.717, 1.165) is 25.2 Å². The van der Waals surface area contributed by atoms with Crippen molar-refractivity contribution < 1.29 is 14.4 Å². The van der Waals surface area contributed by atoms with Gasteiger partial charge in [0.25, 0.3) is 0 Å². The largest absolute Gasteiger partial charge is 0.396 e. The minimum Gasteiger partial charge on any atom is -0.396 e. The molecule has 1 saturated heterocycles. The van der Waals surface area contributed by atoms with Gasteiger partial charge in [-0.25, -0.2) is 0 Å². The molecule has 1 fully saturated rings. The van der Waals surface area contributed by atoms with E-state index in [1.807, 2.05) is 25.7 Å². The van der Waals surface area contributed by atoms with E-state index in [1.54, 1.807) is 6.07 Å². The van der Waals surface area contributed by atoms with Crippen molar-refractivity contribution in [2.75, 3.05) is 31.6 Å². The van der Waals surface area contributed by atoms with Gasteiger partial charge in [0.2, 0.25) is 11.8 Å². The van der Waals surface area contributed by atoms with Crippen molar-refractivity contribution in [2.24, 2.45) is 5.92 Å². The molecule has 1 aromatic heterocycles. The average Bonchev–Trinajstić information content (AvgIpc) is 2.97. The molecule has 0 bridgehead atoms. The van der Waals surface area contributed by atoms with Crippen LogP contribution in [0.4, 0.5) is 5.88 Å². The lowest BCUT2D eigenvalue weighted by Gasteiger charge is -2.14. The van der Waals surface area contributed by atoms with Gasteiger partial charge in [0.05, 0.1) is 12.2 Å². The number of nitrogens with zero attached hydrogens (tertiary/aromatic N) is 2. The van der Waals surface area contributed by atoms with Crippen molar-refractivity contribution in [3.63, 3.8) is 0 Å². The monoisotopic (exact) mass is 281 g/mol. The fourth-order valence-electron chi connectivity index (χ4n) is 2.27. The first-order valence-electron chi connectivity index (χ1n) is 6.98. The highest BCUT2D eigenvalue weighted by atomic mass is 16.5. The van der Waals surface area contributed by atoms with E-state index in [9.17, 15) is 4.79 Å². The summed E-state index contributed by atoms with van der Waals surface area (Å²) in [5, 5.41) is 15.8. The summed E-state index contributed by atoms with van der Waals surface area (Å²) in [6.07, 6.45) is 0.945. The van der Waals surface area contributed by atoms with Crippen LogP contribution < -0.4 is 5.32 Å². The minimum atomic E-state index is -0.111. The Bertz CT molecular complexity index is 464. The molecule has 6 nitrogen and oxygen atoms in total. The SMILES string of the molecule is CC(C)(C)c1cc(NC(=O)CN2CCC(CO)C2)on1. The molecule has 1 aliphatic heterocycles. The summed E-state index contributed by atoms with van der Waals surface area (Å²) in [5.74, 6) is 0.568. The molecule has 6 heteroatoms. The Kier molecular flexibility index (Phi) is 4.45. The van der Waals surface area contributed by atoms with Crippen LogP contribution in [0, 0.1) is 5.92 Å². The Balaban J connectivity index is 1.84. The Morgan fingerprint density at radius 2 is 2.35 bits per heavy atom. The van der Waals surface area contributed by atoms with Crippen molar-refractivity contribution in [2.45, 2.75) is 32.6 Å². The van der Waals surface area contributed by atoms with E-state index < -0.39 is 0 Å². The van der Waals surface area contributed by atoms with Gasteiger partial charge in [0.15, 0.2) is 0 Å². The summed E-state index contributed by atoms with van der Waals surface area (Å²) in [6, 6.07) is 1.76. The molecule has 0 aromatic carbocycles. The Morgan fingerprint density at radius 3 is 2.90 bits per heavy atom. The van der Waals surface area contributed by atoms with Gasteiger partial charge in [0.1, 0.15) is 0 Å². The lowest BCUT2D eigenvalue weighted by atomic mass is 9.92. The van der Waals surface area contributed by atoms with Crippen LogP contribution in [0.2, 0.25) is 0 Å². The highest BCUT2D eigenvalue weighted by Crippen LogP contribution is 2.23. The third-order valence-electron chi connectivity index (χ3n) is 3.54. The second-order valence-electron chi connectivity index (χ2n) is 6.45. The first-order chi connectivity index (χ1) is 9.38. The number of carbonyl (C=O) groups excluding carboxylic acids is 1. The highest BCUT2D eigenvalue weighted by Gasteiger charge is 2.24. The topological polar surface area (TPSA) is 78.6 Å². The van der Waals surface area contributed by atoms with E-state index in [2.05, 4.69) is 10.5 Å². The van der Waals surface area contributed by atoms with Crippen LogP contribution in [0.25, 0.3) is 0 Å². The number of hydrogen-bond donors (Lipinski definition) is 2. The number of nitrogens with one attached hydrogen (secondary N) is 1. The molecule has 20 heavy (non-hydrogen) atoms. The molecule has 0 saturated carbocycles. The zero-order chi connectivity index (χ0) is 14.8. The lowest BCUT2D eigenvalue weighted by Crippen LogP contribution is -2.31. The average molecular weight is 281 g/mol. The van der Waals surface area contributed by atoms with E-state index in [4.69, 9.17) is 9.63 Å². The molecule has 0 aliphatic carbocycles. The third-order valence-corrected chi connectivity index (χ3v) is 3.54. The minimum absolute atomic E-state index is 0.101. The van der Waals surface area contributed by atoms with Gasteiger partial charge in [-0.05, 0) is 18.9 Å². The number of anilines is 1. The van der Waals surface area contributed by atoms with Crippen LogP contribution in [0.15, 0.2) is 10.6 Å². The number of aliphatic hydroxyl groups excluding tert-OH is 1. The molecule has 2 rings (SSSR count). The van der Waals surface area contributed by atoms with Gasteiger partial charge >= 0.3 is 0 Å². The maximum Gasteiger partial charge on any atom is 0.240 e. The van der Waals surface area contributed by atoms with Crippen LogP contribution in [0.5, 0.6) is 0 Å². The summed E-state index contributed by atoms with van der Waals surface area (Å²) in [5.41, 5.74) is 0.713. The first kappa shape index (κ1) is 15.0. The lowest BCUT2D eigenvalue weighted by molar-refractivity contribution is -0.117. The highest BCUT2D eigenvalue weighted by molar-refractivity contribution is 5.91. The molecule has 0 radical (unpaired) electrons. The van der Waals surface area contributed by atoms with Crippen molar-refractivity contribution >= 4 is 11.8 Å². The van der Waals surface area contributed by atoms with Crippen molar-refractivity contribution in [3.8, 4) is 0 Å². The van der Waals surface area contributed by atoms with Crippen LogP contribution in [0.1, 0.15) is 32.9 Å². The van der Waals surface area contributed by atoms with Gasteiger partial charge < -0.3 is 9.63 Å². The number of hydrogen-bond acceptors (Lipinski definition) is 5. The Labute approximate surface area is 119 Å². The predicted molar refractivity (Wildman–Crippen MR) is 75.5 cm³/mol. The van der Waals surface area contributed by atoms with Gasteiger partial charge in [-0.2, -0.15) is 0 Å². The van der Waals surface area contributed by atoms with Crippen LogP contribution in [-0.4, -0.2) is 47.3 Å². The third kappa shape index (κ3) is 3.80. The zero-order valence-corrected chi connectivity index (χ0v) is 12.3. The molecular formula is C14H23N3O3. The van der Waals surface area contributed by atoms with Crippen molar-refractivity contribution in [1.29, 1.82) is 0 Å². The van der Waals surface area contributed by atoms with Crippen LogP contribution in [-0.2, 0) is 10.2 Å². The van der Waals surface area contributed by atoms with E-state index in [1.165, 1.54) is 0 Å². The number of aliphatic hydroxyl groups is 1. The fourth-order valence-corrected chi connectivity index (χ4v) is 2.27. The zero-order valence-electron chi connectivity index (χ0n) is 12.3. The van der Waals surface area contributed by atoms with Gasteiger partial charge in [-0.1, -0.05) is 25.9 Å². The molecule has 1 unspecified atom stereocenters. The summed E-state index contributed by atoms with van der Waals surface area (Å²) >= 11 is 0. The molecule has 0 spiro atoms. The number of likely N-dealkylation sites (tertiary alicyclic amines) is 1. The maximum atomic E-state index is 11.9. The first-order valence-corrected chi connectivity index (χ1v) is 6.98. The number of aromatic nitrogens is 1. The smallest absolute Gasteiger partial charge is 0.240 e. The van der Waals surface area contributed by atoms with Gasteiger partial charge in [0, 0.05) is 24.6 Å². The van der Waals surface area contributed by atoms with Crippen molar-refractivity contribution in [3.05, 3.63) is 11.8 Å². The standard InChI is InChI=1S/C14H23N3O3/c1-14(2,3)11-6-13(20-16-11)15-12(19)8-17-5-4-10(7-17)9-18/h6,10,18H,4-5,7-9H2,1-3H3,(H,15,19). The Morgan fingerprint density at radius 1 is 1.60 bits per heavy atom. The maximum absolute atomic E-state index is 11.9. The molecule has 1 aromatic rings. The predicted octanol–water partition coefficient (Wildman–Crippen LogP) is 1.22. The normalized spacial score (nSPS) is 20.3. The quantitative estimate of drug-likeness (QED) is 0.867. The summed E-state index contributed by atoms with van der Waals surface area (Å²) in [4.78, 5) is 14.0. The van der Waals surface area contributed by atoms with E-state index >= 15 is 0 Å².